The topological polar surface area (TPSA) is 51.8 Å². The van der Waals surface area contributed by atoms with E-state index in [1.165, 1.54) is 10.9 Å². The highest BCUT2D eigenvalue weighted by Gasteiger charge is 2.19. The molecule has 8 rings (SSSR count). The molecule has 0 amide bonds. The third kappa shape index (κ3) is 4.21. The number of aromatic nitrogens is 3. The van der Waals surface area contributed by atoms with Crippen LogP contribution in [0.5, 0.6) is 0 Å². The van der Waals surface area contributed by atoms with E-state index >= 15 is 0 Å². The van der Waals surface area contributed by atoms with E-state index in [9.17, 15) is 0 Å². The van der Waals surface area contributed by atoms with E-state index in [4.69, 9.17) is 19.4 Å². The zero-order valence-electron chi connectivity index (χ0n) is 22.3. The van der Waals surface area contributed by atoms with Crippen molar-refractivity contribution in [2.45, 2.75) is 12.8 Å². The van der Waals surface area contributed by atoms with Gasteiger partial charge in [-0.2, -0.15) is 0 Å². The van der Waals surface area contributed by atoms with Gasteiger partial charge < -0.3 is 4.42 Å². The van der Waals surface area contributed by atoms with E-state index in [0.29, 0.717) is 17.5 Å². The van der Waals surface area contributed by atoms with Crippen LogP contribution in [0.1, 0.15) is 17.7 Å². The molecule has 4 nitrogen and oxygen atoms in total. The molecule has 1 aliphatic rings. The van der Waals surface area contributed by atoms with Crippen LogP contribution < -0.4 is 0 Å². The Hall–Kier alpha value is -5.35. The maximum atomic E-state index is 6.24. The minimum Gasteiger partial charge on any atom is -0.460 e. The Bertz CT molecular complexity index is 2110. The van der Waals surface area contributed by atoms with E-state index in [0.717, 1.165) is 62.8 Å². The number of rotatable bonds is 4. The van der Waals surface area contributed by atoms with Crippen molar-refractivity contribution in [3.05, 3.63) is 133 Å². The first-order valence-corrected chi connectivity index (χ1v) is 13.9. The Morgan fingerprint density at radius 3 is 2.07 bits per heavy atom. The van der Waals surface area contributed by atoms with Gasteiger partial charge >= 0.3 is 0 Å². The Balaban J connectivity index is 1.30. The predicted molar refractivity (Wildman–Crippen MR) is 166 cm³/mol. The number of furan rings is 1. The Labute approximate surface area is 237 Å². The van der Waals surface area contributed by atoms with Crippen LogP contribution in [0.2, 0.25) is 0 Å². The zero-order valence-corrected chi connectivity index (χ0v) is 22.3. The SMILES string of the molecule is C1=Cc2c(oc3cccc(-c4cccc(-c5nc(-c6ccccc6)nc(-c6ccc7ccccc7c6)n5)c4)c23)CC1. The fourth-order valence-corrected chi connectivity index (χ4v) is 5.74. The molecule has 2 aromatic heterocycles. The molecule has 0 aliphatic heterocycles. The summed E-state index contributed by atoms with van der Waals surface area (Å²) in [5, 5.41) is 3.50. The first-order valence-electron chi connectivity index (χ1n) is 13.9. The molecule has 194 valence electrons. The second-order valence-electron chi connectivity index (χ2n) is 10.4. The van der Waals surface area contributed by atoms with E-state index in [1.54, 1.807) is 0 Å². The van der Waals surface area contributed by atoms with E-state index in [2.05, 4.69) is 97.1 Å². The van der Waals surface area contributed by atoms with Crippen LogP contribution in [0, 0.1) is 0 Å². The normalized spacial score (nSPS) is 12.6. The quantitative estimate of drug-likeness (QED) is 0.229. The highest BCUT2D eigenvalue weighted by molar-refractivity contribution is 6.01. The van der Waals surface area contributed by atoms with Gasteiger partial charge in [-0.3, -0.25) is 0 Å². The average Bonchev–Trinajstić information content (AvgIpc) is 3.44. The van der Waals surface area contributed by atoms with Gasteiger partial charge in [0.25, 0.3) is 0 Å². The summed E-state index contributed by atoms with van der Waals surface area (Å²) in [5.74, 6) is 3.02. The fraction of sp³-hybridized carbons (Fsp3) is 0.0541. The van der Waals surface area contributed by atoms with Gasteiger partial charge in [-0.1, -0.05) is 109 Å². The molecule has 0 fully saturated rings. The second-order valence-corrected chi connectivity index (χ2v) is 10.4. The minimum atomic E-state index is 0.644. The molecule has 41 heavy (non-hydrogen) atoms. The molecule has 1 aliphatic carbocycles. The smallest absolute Gasteiger partial charge is 0.164 e. The summed E-state index contributed by atoms with van der Waals surface area (Å²) in [5.41, 5.74) is 7.22. The molecule has 0 bridgehead atoms. The molecule has 0 atom stereocenters. The van der Waals surface area contributed by atoms with Crippen LogP contribution in [0.25, 0.3) is 73.1 Å². The molecule has 2 heterocycles. The lowest BCUT2D eigenvalue weighted by Gasteiger charge is -2.11. The molecule has 0 radical (unpaired) electrons. The standard InChI is InChI=1S/C37H25N3O/c1-2-11-25(12-3-1)35-38-36(40-37(39-35)29-21-20-24-10-4-5-13-26(24)22-29)28-15-8-14-27(23-28)30-17-9-19-33-34(30)31-16-6-7-18-32(31)41-33/h1-6,8-17,19-23H,7,18H2. The van der Waals surface area contributed by atoms with Crippen molar-refractivity contribution in [3.63, 3.8) is 0 Å². The van der Waals surface area contributed by atoms with Gasteiger partial charge in [0.1, 0.15) is 11.3 Å². The van der Waals surface area contributed by atoms with Crippen molar-refractivity contribution >= 4 is 27.8 Å². The zero-order chi connectivity index (χ0) is 27.2. The summed E-state index contributed by atoms with van der Waals surface area (Å²) in [6.07, 6.45) is 6.38. The number of aryl methyl sites for hydroxylation is 1. The van der Waals surface area contributed by atoms with Crippen LogP contribution >= 0.6 is 0 Å². The van der Waals surface area contributed by atoms with E-state index in [1.807, 2.05) is 30.3 Å². The molecule has 5 aromatic carbocycles. The van der Waals surface area contributed by atoms with E-state index < -0.39 is 0 Å². The Morgan fingerprint density at radius 1 is 0.537 bits per heavy atom. The lowest BCUT2D eigenvalue weighted by Crippen LogP contribution is -2.00. The summed E-state index contributed by atoms with van der Waals surface area (Å²) in [6, 6.07) is 39.6. The van der Waals surface area contributed by atoms with Crippen molar-refractivity contribution in [1.82, 2.24) is 15.0 Å². The molecular weight excluding hydrogens is 502 g/mol. The molecule has 0 saturated heterocycles. The first kappa shape index (κ1) is 23.5. The van der Waals surface area contributed by atoms with Gasteiger partial charge in [-0.05, 0) is 46.5 Å². The predicted octanol–water partition coefficient (Wildman–Crippen LogP) is 9.40. The van der Waals surface area contributed by atoms with Crippen molar-refractivity contribution in [2.24, 2.45) is 0 Å². The molecule has 7 aromatic rings. The minimum absolute atomic E-state index is 0.644. The highest BCUT2D eigenvalue weighted by Crippen LogP contribution is 2.38. The molecule has 4 heteroatoms. The molecule has 0 unspecified atom stereocenters. The number of allylic oxidation sites excluding steroid dienone is 1. The third-order valence-electron chi connectivity index (χ3n) is 7.76. The maximum absolute atomic E-state index is 6.24. The molecular formula is C37H25N3O. The highest BCUT2D eigenvalue weighted by atomic mass is 16.3. The average molecular weight is 528 g/mol. The third-order valence-corrected chi connectivity index (χ3v) is 7.76. The summed E-state index contributed by atoms with van der Waals surface area (Å²) >= 11 is 0. The summed E-state index contributed by atoms with van der Waals surface area (Å²) in [7, 11) is 0. The Kier molecular flexibility index (Phi) is 5.56. The van der Waals surface area contributed by atoms with E-state index in [-0.39, 0.29) is 0 Å². The summed E-state index contributed by atoms with van der Waals surface area (Å²) < 4.78 is 6.24. The van der Waals surface area contributed by atoms with Gasteiger partial charge in [-0.25, -0.2) is 15.0 Å². The number of hydrogen-bond donors (Lipinski definition) is 0. The van der Waals surface area contributed by atoms with Crippen LogP contribution in [0.3, 0.4) is 0 Å². The number of hydrogen-bond acceptors (Lipinski definition) is 4. The maximum Gasteiger partial charge on any atom is 0.164 e. The first-order chi connectivity index (χ1) is 20.3. The van der Waals surface area contributed by atoms with Gasteiger partial charge in [0.15, 0.2) is 17.5 Å². The van der Waals surface area contributed by atoms with Crippen molar-refractivity contribution in [3.8, 4) is 45.3 Å². The Morgan fingerprint density at radius 2 is 1.22 bits per heavy atom. The van der Waals surface area contributed by atoms with Crippen LogP contribution in [-0.2, 0) is 6.42 Å². The van der Waals surface area contributed by atoms with Gasteiger partial charge in [-0.15, -0.1) is 0 Å². The van der Waals surface area contributed by atoms with Crippen LogP contribution in [0.4, 0.5) is 0 Å². The largest absolute Gasteiger partial charge is 0.460 e. The lowest BCUT2D eigenvalue weighted by atomic mass is 9.94. The summed E-state index contributed by atoms with van der Waals surface area (Å²) in [6.45, 7) is 0. The van der Waals surface area contributed by atoms with Crippen molar-refractivity contribution < 1.29 is 4.42 Å². The monoisotopic (exact) mass is 527 g/mol. The van der Waals surface area contributed by atoms with Crippen LogP contribution in [0.15, 0.2) is 126 Å². The fourth-order valence-electron chi connectivity index (χ4n) is 5.74. The van der Waals surface area contributed by atoms with Gasteiger partial charge in [0, 0.05) is 34.1 Å². The lowest BCUT2D eigenvalue weighted by molar-refractivity contribution is 0.546. The van der Waals surface area contributed by atoms with Gasteiger partial charge in [0.05, 0.1) is 0 Å². The molecule has 0 N–H and O–H groups in total. The molecule has 0 spiro atoms. The van der Waals surface area contributed by atoms with Crippen LogP contribution in [-0.4, -0.2) is 15.0 Å². The number of benzene rings is 5. The van der Waals surface area contributed by atoms with Crippen molar-refractivity contribution in [1.29, 1.82) is 0 Å². The molecule has 0 saturated carbocycles. The number of fused-ring (bicyclic) bond motifs is 4. The number of nitrogens with zero attached hydrogens (tertiary/aromatic N) is 3. The van der Waals surface area contributed by atoms with Gasteiger partial charge in [0.2, 0.25) is 0 Å². The van der Waals surface area contributed by atoms with Crippen molar-refractivity contribution in [2.75, 3.05) is 0 Å². The second kappa shape index (κ2) is 9.68. The summed E-state index contributed by atoms with van der Waals surface area (Å²) in [4.78, 5) is 14.9.